The maximum absolute atomic E-state index is 12.9. The maximum atomic E-state index is 12.9. The number of benzene rings is 1. The van der Waals surface area contributed by atoms with E-state index in [0.29, 0.717) is 29.0 Å². The second kappa shape index (κ2) is 6.60. The van der Waals surface area contributed by atoms with Gasteiger partial charge < -0.3 is 5.32 Å². The SMILES string of the molecule is CNCc1cc(C)c(Br)c(S(=O)(=O)N2CCC=C(C)C2)c1. The van der Waals surface area contributed by atoms with Gasteiger partial charge in [-0.3, -0.25) is 0 Å². The Bertz CT molecular complexity index is 668. The number of hydrogen-bond donors (Lipinski definition) is 1. The first-order valence-electron chi connectivity index (χ1n) is 6.95. The molecule has 4 nitrogen and oxygen atoms in total. The highest BCUT2D eigenvalue weighted by atomic mass is 79.9. The van der Waals surface area contributed by atoms with Gasteiger partial charge in [0.1, 0.15) is 0 Å². The van der Waals surface area contributed by atoms with Crippen molar-refractivity contribution in [3.63, 3.8) is 0 Å². The molecule has 0 atom stereocenters. The fourth-order valence-corrected chi connectivity index (χ4v) is 5.05. The van der Waals surface area contributed by atoms with Crippen LogP contribution in [0, 0.1) is 6.92 Å². The molecule has 1 aliphatic heterocycles. The minimum atomic E-state index is -3.47. The van der Waals surface area contributed by atoms with E-state index in [1.54, 1.807) is 10.4 Å². The summed E-state index contributed by atoms with van der Waals surface area (Å²) < 4.78 is 28.0. The maximum Gasteiger partial charge on any atom is 0.244 e. The van der Waals surface area contributed by atoms with Crippen molar-refractivity contribution in [2.45, 2.75) is 31.7 Å². The van der Waals surface area contributed by atoms with Gasteiger partial charge in [-0.1, -0.05) is 17.7 Å². The molecule has 0 radical (unpaired) electrons. The molecule has 0 unspecified atom stereocenters. The number of nitrogens with one attached hydrogen (secondary N) is 1. The highest BCUT2D eigenvalue weighted by molar-refractivity contribution is 9.10. The van der Waals surface area contributed by atoms with Crippen LogP contribution >= 0.6 is 15.9 Å². The Balaban J connectivity index is 2.46. The third-order valence-electron chi connectivity index (χ3n) is 3.58. The molecular weight excluding hydrogens is 352 g/mol. The lowest BCUT2D eigenvalue weighted by Crippen LogP contribution is -2.35. The molecule has 1 N–H and O–H groups in total. The topological polar surface area (TPSA) is 49.4 Å². The van der Waals surface area contributed by atoms with Gasteiger partial charge in [-0.25, -0.2) is 8.42 Å². The zero-order valence-corrected chi connectivity index (χ0v) is 15.0. The molecule has 0 amide bonds. The summed E-state index contributed by atoms with van der Waals surface area (Å²) in [4.78, 5) is 0.363. The summed E-state index contributed by atoms with van der Waals surface area (Å²) in [5, 5.41) is 3.06. The third kappa shape index (κ3) is 3.56. The van der Waals surface area contributed by atoms with Crippen molar-refractivity contribution in [2.24, 2.45) is 0 Å². The number of halogens is 1. The van der Waals surface area contributed by atoms with E-state index in [-0.39, 0.29) is 0 Å². The van der Waals surface area contributed by atoms with E-state index in [1.807, 2.05) is 27.0 Å². The van der Waals surface area contributed by atoms with Crippen LogP contribution in [0.3, 0.4) is 0 Å². The Labute approximate surface area is 135 Å². The first-order chi connectivity index (χ1) is 9.86. The zero-order chi connectivity index (χ0) is 15.6. The fraction of sp³-hybridized carbons (Fsp3) is 0.467. The number of rotatable bonds is 4. The highest BCUT2D eigenvalue weighted by Crippen LogP contribution is 2.31. The van der Waals surface area contributed by atoms with Gasteiger partial charge in [0.25, 0.3) is 0 Å². The second-order valence-electron chi connectivity index (χ2n) is 5.43. The Hall–Kier alpha value is -0.690. The Morgan fingerprint density at radius 3 is 2.67 bits per heavy atom. The third-order valence-corrected chi connectivity index (χ3v) is 6.76. The van der Waals surface area contributed by atoms with Crippen LogP contribution in [0.4, 0.5) is 0 Å². The number of sulfonamides is 1. The summed E-state index contributed by atoms with van der Waals surface area (Å²) in [5.41, 5.74) is 3.01. The molecule has 116 valence electrons. The average Bonchev–Trinajstić information content (AvgIpc) is 2.42. The van der Waals surface area contributed by atoms with Crippen molar-refractivity contribution < 1.29 is 8.42 Å². The first kappa shape index (κ1) is 16.7. The van der Waals surface area contributed by atoms with Crippen LogP contribution in [0.25, 0.3) is 0 Å². The minimum Gasteiger partial charge on any atom is -0.316 e. The van der Waals surface area contributed by atoms with Gasteiger partial charge in [-0.05, 0) is 60.4 Å². The summed E-state index contributed by atoms with van der Waals surface area (Å²) in [6, 6.07) is 3.76. The van der Waals surface area contributed by atoms with Crippen LogP contribution in [0.5, 0.6) is 0 Å². The Morgan fingerprint density at radius 1 is 1.33 bits per heavy atom. The minimum absolute atomic E-state index is 0.363. The van der Waals surface area contributed by atoms with Crippen LogP contribution < -0.4 is 5.32 Å². The van der Waals surface area contributed by atoms with E-state index in [4.69, 9.17) is 0 Å². The summed E-state index contributed by atoms with van der Waals surface area (Å²) in [6.45, 7) is 5.56. The van der Waals surface area contributed by atoms with Crippen LogP contribution in [-0.4, -0.2) is 32.9 Å². The molecule has 0 fully saturated rings. The molecule has 2 rings (SSSR count). The zero-order valence-electron chi connectivity index (χ0n) is 12.6. The van der Waals surface area contributed by atoms with Gasteiger partial charge in [0, 0.05) is 24.1 Å². The van der Waals surface area contributed by atoms with E-state index in [9.17, 15) is 8.42 Å². The quantitative estimate of drug-likeness (QED) is 0.826. The van der Waals surface area contributed by atoms with Gasteiger partial charge in [-0.15, -0.1) is 0 Å². The van der Waals surface area contributed by atoms with E-state index in [0.717, 1.165) is 23.1 Å². The fourth-order valence-electron chi connectivity index (χ4n) is 2.52. The van der Waals surface area contributed by atoms with E-state index >= 15 is 0 Å². The van der Waals surface area contributed by atoms with Crippen molar-refractivity contribution in [3.8, 4) is 0 Å². The largest absolute Gasteiger partial charge is 0.316 e. The molecule has 6 heteroatoms. The van der Waals surface area contributed by atoms with Crippen molar-refractivity contribution in [2.75, 3.05) is 20.1 Å². The smallest absolute Gasteiger partial charge is 0.244 e. The molecule has 0 aromatic heterocycles. The molecule has 0 bridgehead atoms. The van der Waals surface area contributed by atoms with Crippen molar-refractivity contribution in [1.82, 2.24) is 9.62 Å². The van der Waals surface area contributed by atoms with Crippen molar-refractivity contribution in [3.05, 3.63) is 39.4 Å². The standard InChI is InChI=1S/C15H21BrN2O2S/c1-11-5-4-6-18(10-11)21(19,20)14-8-13(9-17-3)7-12(2)15(14)16/h5,7-8,17H,4,6,9-10H2,1-3H3. The van der Waals surface area contributed by atoms with Gasteiger partial charge in [-0.2, -0.15) is 4.31 Å². The molecular formula is C15H21BrN2O2S. The normalized spacial score (nSPS) is 16.9. The molecule has 1 heterocycles. The van der Waals surface area contributed by atoms with Crippen molar-refractivity contribution in [1.29, 1.82) is 0 Å². The molecule has 1 aromatic carbocycles. The van der Waals surface area contributed by atoms with Crippen molar-refractivity contribution >= 4 is 26.0 Å². The Morgan fingerprint density at radius 2 is 2.05 bits per heavy atom. The molecule has 0 aliphatic carbocycles. The van der Waals surface area contributed by atoms with Crippen LogP contribution in [0.1, 0.15) is 24.5 Å². The average molecular weight is 373 g/mol. The number of hydrogen-bond acceptors (Lipinski definition) is 3. The highest BCUT2D eigenvalue weighted by Gasteiger charge is 2.28. The number of aryl methyl sites for hydroxylation is 1. The van der Waals surface area contributed by atoms with E-state index in [2.05, 4.69) is 27.3 Å². The predicted molar refractivity (Wildman–Crippen MR) is 88.8 cm³/mol. The van der Waals surface area contributed by atoms with E-state index in [1.165, 1.54) is 0 Å². The van der Waals surface area contributed by atoms with Gasteiger partial charge in [0.05, 0.1) is 4.90 Å². The predicted octanol–water partition coefficient (Wildman–Crippen LogP) is 2.82. The molecule has 21 heavy (non-hydrogen) atoms. The van der Waals surface area contributed by atoms with Gasteiger partial charge >= 0.3 is 0 Å². The summed E-state index contributed by atoms with van der Waals surface area (Å²) in [7, 11) is -1.62. The first-order valence-corrected chi connectivity index (χ1v) is 9.19. The second-order valence-corrected chi connectivity index (χ2v) is 8.13. The van der Waals surface area contributed by atoms with Crippen LogP contribution in [0.15, 0.2) is 33.2 Å². The van der Waals surface area contributed by atoms with Gasteiger partial charge in [0.15, 0.2) is 0 Å². The molecule has 0 saturated heterocycles. The molecule has 1 aliphatic rings. The van der Waals surface area contributed by atoms with Crippen LogP contribution in [0.2, 0.25) is 0 Å². The lowest BCUT2D eigenvalue weighted by Gasteiger charge is -2.26. The summed E-state index contributed by atoms with van der Waals surface area (Å²) in [5.74, 6) is 0. The number of nitrogens with zero attached hydrogens (tertiary/aromatic N) is 1. The summed E-state index contributed by atoms with van der Waals surface area (Å²) in [6.07, 6.45) is 2.88. The summed E-state index contributed by atoms with van der Waals surface area (Å²) >= 11 is 3.44. The molecule has 0 saturated carbocycles. The lowest BCUT2D eigenvalue weighted by molar-refractivity contribution is 0.427. The molecule has 0 spiro atoms. The lowest BCUT2D eigenvalue weighted by atomic mass is 10.1. The van der Waals surface area contributed by atoms with E-state index < -0.39 is 10.0 Å². The Kier molecular flexibility index (Phi) is 5.24. The monoisotopic (exact) mass is 372 g/mol. The van der Waals surface area contributed by atoms with Crippen LogP contribution in [-0.2, 0) is 16.6 Å². The van der Waals surface area contributed by atoms with Gasteiger partial charge in [0.2, 0.25) is 10.0 Å². The molecule has 1 aromatic rings.